The maximum atomic E-state index is 10.5. The van der Waals surface area contributed by atoms with E-state index in [1.807, 2.05) is 19.1 Å². The zero-order valence-electron chi connectivity index (χ0n) is 8.54. The molecule has 0 aliphatic heterocycles. The van der Waals surface area contributed by atoms with Gasteiger partial charge in [0, 0.05) is 10.6 Å². The second-order valence-electron chi connectivity index (χ2n) is 3.13. The largest absolute Gasteiger partial charge is 0.350 e. The third-order valence-electron chi connectivity index (χ3n) is 1.91. The summed E-state index contributed by atoms with van der Waals surface area (Å²) in [4.78, 5) is 10.5. The van der Waals surface area contributed by atoms with E-state index in [1.54, 1.807) is 13.0 Å². The maximum absolute atomic E-state index is 10.5. The monoisotopic (exact) mass is 225 g/mol. The van der Waals surface area contributed by atoms with Gasteiger partial charge < -0.3 is 5.73 Å². The van der Waals surface area contributed by atoms with E-state index < -0.39 is 6.03 Å². The number of hydrogen-bond acceptors (Lipinski definition) is 2. The number of hydrazone groups is 1. The van der Waals surface area contributed by atoms with Gasteiger partial charge in [-0.2, -0.15) is 5.10 Å². The molecule has 5 heteroatoms. The summed E-state index contributed by atoms with van der Waals surface area (Å²) in [6, 6.07) is 4.77. The molecular formula is C10H12ClN3O. The van der Waals surface area contributed by atoms with Crippen molar-refractivity contribution in [1.29, 1.82) is 0 Å². The van der Waals surface area contributed by atoms with Crippen molar-refractivity contribution in [3.05, 3.63) is 34.3 Å². The van der Waals surface area contributed by atoms with Gasteiger partial charge in [0.05, 0.1) is 5.71 Å². The van der Waals surface area contributed by atoms with Gasteiger partial charge in [-0.3, -0.25) is 0 Å². The molecule has 0 aliphatic rings. The van der Waals surface area contributed by atoms with E-state index in [-0.39, 0.29) is 0 Å². The van der Waals surface area contributed by atoms with Crippen LogP contribution < -0.4 is 11.2 Å². The molecule has 0 unspecified atom stereocenters. The SMILES string of the molecule is C/C(=N\NC(N)=O)c1ccc(Cl)cc1C. The Bertz CT molecular complexity index is 415. The average molecular weight is 226 g/mol. The second-order valence-corrected chi connectivity index (χ2v) is 3.57. The maximum Gasteiger partial charge on any atom is 0.332 e. The molecule has 0 radical (unpaired) electrons. The lowest BCUT2D eigenvalue weighted by molar-refractivity contribution is 0.249. The Kier molecular flexibility index (Phi) is 3.68. The Morgan fingerprint density at radius 3 is 2.73 bits per heavy atom. The van der Waals surface area contributed by atoms with E-state index >= 15 is 0 Å². The molecule has 0 fully saturated rings. The summed E-state index contributed by atoms with van der Waals surface area (Å²) < 4.78 is 0. The van der Waals surface area contributed by atoms with Crippen molar-refractivity contribution in [3.8, 4) is 0 Å². The molecule has 2 amide bonds. The van der Waals surface area contributed by atoms with Gasteiger partial charge in [0.1, 0.15) is 0 Å². The van der Waals surface area contributed by atoms with E-state index in [2.05, 4.69) is 10.5 Å². The van der Waals surface area contributed by atoms with Crippen molar-refractivity contribution in [2.75, 3.05) is 0 Å². The van der Waals surface area contributed by atoms with Crippen molar-refractivity contribution in [2.24, 2.45) is 10.8 Å². The number of nitrogens with two attached hydrogens (primary N) is 1. The Hall–Kier alpha value is -1.55. The van der Waals surface area contributed by atoms with Crippen LogP contribution >= 0.6 is 11.6 Å². The van der Waals surface area contributed by atoms with Gasteiger partial charge in [0.2, 0.25) is 0 Å². The highest BCUT2D eigenvalue weighted by Crippen LogP contribution is 2.15. The van der Waals surface area contributed by atoms with Gasteiger partial charge in [-0.1, -0.05) is 17.7 Å². The first-order valence-electron chi connectivity index (χ1n) is 4.37. The van der Waals surface area contributed by atoms with Crippen LogP contribution in [0.15, 0.2) is 23.3 Å². The van der Waals surface area contributed by atoms with Crippen LogP contribution in [0, 0.1) is 6.92 Å². The van der Waals surface area contributed by atoms with E-state index in [1.165, 1.54) is 0 Å². The molecule has 1 aromatic rings. The lowest BCUT2D eigenvalue weighted by Crippen LogP contribution is -2.25. The number of carbonyl (C=O) groups is 1. The highest BCUT2D eigenvalue weighted by Gasteiger charge is 2.02. The smallest absolute Gasteiger partial charge is 0.332 e. The number of hydrogen-bond donors (Lipinski definition) is 2. The average Bonchev–Trinajstić information content (AvgIpc) is 2.14. The summed E-state index contributed by atoms with van der Waals surface area (Å²) in [6.07, 6.45) is 0. The van der Waals surface area contributed by atoms with Crippen LogP contribution in [0.3, 0.4) is 0 Å². The van der Waals surface area contributed by atoms with Crippen LogP contribution in [-0.2, 0) is 0 Å². The molecule has 0 aromatic heterocycles. The number of halogens is 1. The molecular weight excluding hydrogens is 214 g/mol. The van der Waals surface area contributed by atoms with Crippen molar-refractivity contribution < 1.29 is 4.79 Å². The summed E-state index contributed by atoms with van der Waals surface area (Å²) in [5.74, 6) is 0. The molecule has 0 saturated carbocycles. The van der Waals surface area contributed by atoms with E-state index in [0.29, 0.717) is 10.7 Å². The number of primary amides is 1. The number of rotatable bonds is 2. The Balaban J connectivity index is 2.95. The number of urea groups is 1. The number of amides is 2. The fraction of sp³-hybridized carbons (Fsp3) is 0.200. The van der Waals surface area contributed by atoms with Crippen LogP contribution in [0.2, 0.25) is 5.02 Å². The van der Waals surface area contributed by atoms with Crippen LogP contribution in [0.1, 0.15) is 18.1 Å². The molecule has 1 aromatic carbocycles. The number of nitrogens with one attached hydrogen (secondary N) is 1. The lowest BCUT2D eigenvalue weighted by atomic mass is 10.1. The summed E-state index contributed by atoms with van der Waals surface area (Å²) in [5.41, 5.74) is 9.69. The van der Waals surface area contributed by atoms with E-state index in [0.717, 1.165) is 11.1 Å². The van der Waals surface area contributed by atoms with Crippen LogP contribution in [0.25, 0.3) is 0 Å². The molecule has 3 N–H and O–H groups in total. The quantitative estimate of drug-likeness (QED) is 0.587. The number of carbonyl (C=O) groups excluding carboxylic acids is 1. The summed E-state index contributed by atoms with van der Waals surface area (Å²) >= 11 is 5.82. The topological polar surface area (TPSA) is 67.5 Å². The standard InChI is InChI=1S/C10H12ClN3O/c1-6-5-8(11)3-4-9(6)7(2)13-14-10(12)15/h3-5H,1-2H3,(H3,12,14,15)/b13-7+. The third-order valence-corrected chi connectivity index (χ3v) is 2.15. The molecule has 0 heterocycles. The summed E-state index contributed by atoms with van der Waals surface area (Å²) in [6.45, 7) is 3.71. The molecule has 4 nitrogen and oxygen atoms in total. The summed E-state index contributed by atoms with van der Waals surface area (Å²) in [5, 5.41) is 4.51. The van der Waals surface area contributed by atoms with E-state index in [4.69, 9.17) is 17.3 Å². The van der Waals surface area contributed by atoms with Crippen LogP contribution in [0.5, 0.6) is 0 Å². The van der Waals surface area contributed by atoms with Gasteiger partial charge in [-0.15, -0.1) is 0 Å². The lowest BCUT2D eigenvalue weighted by Gasteiger charge is -2.05. The fourth-order valence-electron chi connectivity index (χ4n) is 1.23. The van der Waals surface area contributed by atoms with E-state index in [9.17, 15) is 4.79 Å². The molecule has 0 saturated heterocycles. The molecule has 0 atom stereocenters. The first-order chi connectivity index (χ1) is 7.00. The molecule has 1 rings (SSSR count). The zero-order chi connectivity index (χ0) is 11.4. The number of benzene rings is 1. The van der Waals surface area contributed by atoms with Crippen molar-refractivity contribution in [1.82, 2.24) is 5.43 Å². The van der Waals surface area contributed by atoms with Gasteiger partial charge in [-0.25, -0.2) is 10.2 Å². The number of aryl methyl sites for hydroxylation is 1. The Morgan fingerprint density at radius 2 is 2.20 bits per heavy atom. The predicted molar refractivity (Wildman–Crippen MR) is 61.1 cm³/mol. The minimum absolute atomic E-state index is 0.673. The molecule has 0 bridgehead atoms. The Morgan fingerprint density at radius 1 is 1.53 bits per heavy atom. The van der Waals surface area contributed by atoms with Gasteiger partial charge >= 0.3 is 6.03 Å². The first-order valence-corrected chi connectivity index (χ1v) is 4.74. The molecule has 0 aliphatic carbocycles. The minimum atomic E-state index is -0.680. The van der Waals surface area contributed by atoms with Crippen molar-refractivity contribution in [3.63, 3.8) is 0 Å². The molecule has 15 heavy (non-hydrogen) atoms. The predicted octanol–water partition coefficient (Wildman–Crippen LogP) is 2.04. The minimum Gasteiger partial charge on any atom is -0.350 e. The van der Waals surface area contributed by atoms with Gasteiger partial charge in [-0.05, 0) is 31.5 Å². The Labute approximate surface area is 93.1 Å². The normalized spacial score (nSPS) is 11.3. The first kappa shape index (κ1) is 11.5. The van der Waals surface area contributed by atoms with Gasteiger partial charge in [0.15, 0.2) is 0 Å². The molecule has 0 spiro atoms. The highest BCUT2D eigenvalue weighted by molar-refractivity contribution is 6.30. The van der Waals surface area contributed by atoms with Gasteiger partial charge in [0.25, 0.3) is 0 Å². The number of nitrogens with zero attached hydrogens (tertiary/aromatic N) is 1. The fourth-order valence-corrected chi connectivity index (χ4v) is 1.46. The summed E-state index contributed by atoms with van der Waals surface area (Å²) in [7, 11) is 0. The van der Waals surface area contributed by atoms with Crippen molar-refractivity contribution in [2.45, 2.75) is 13.8 Å². The van der Waals surface area contributed by atoms with Crippen LogP contribution in [0.4, 0.5) is 4.79 Å². The van der Waals surface area contributed by atoms with Crippen molar-refractivity contribution >= 4 is 23.3 Å². The third kappa shape index (κ3) is 3.25. The zero-order valence-corrected chi connectivity index (χ0v) is 9.30. The highest BCUT2D eigenvalue weighted by atomic mass is 35.5. The molecule has 80 valence electrons. The second kappa shape index (κ2) is 4.79. The van der Waals surface area contributed by atoms with Crippen LogP contribution in [-0.4, -0.2) is 11.7 Å².